The normalized spacial score (nSPS) is 16.8. The summed E-state index contributed by atoms with van der Waals surface area (Å²) in [6.45, 7) is 2.27. The first-order valence-electron chi connectivity index (χ1n) is 7.99. The van der Waals surface area contributed by atoms with E-state index in [1.165, 1.54) is 0 Å². The lowest BCUT2D eigenvalue weighted by Gasteiger charge is -2.19. The predicted octanol–water partition coefficient (Wildman–Crippen LogP) is 3.65. The number of halogens is 1. The molecule has 1 unspecified atom stereocenters. The van der Waals surface area contributed by atoms with Crippen LogP contribution in [0.4, 0.5) is 11.4 Å². The fourth-order valence-electron chi connectivity index (χ4n) is 2.91. The van der Waals surface area contributed by atoms with Gasteiger partial charge < -0.3 is 15.0 Å². The second-order valence-corrected chi connectivity index (χ2v) is 6.49. The minimum atomic E-state index is -0.395. The van der Waals surface area contributed by atoms with Crippen molar-refractivity contribution in [1.82, 2.24) is 0 Å². The number of ether oxygens (including phenoxy) is 1. The fraction of sp³-hybridized carbons (Fsp3) is 0.263. The molecule has 0 aliphatic carbocycles. The van der Waals surface area contributed by atoms with E-state index in [9.17, 15) is 9.59 Å². The zero-order valence-corrected chi connectivity index (χ0v) is 14.8. The average Bonchev–Trinajstić information content (AvgIpc) is 2.99. The minimum Gasteiger partial charge on any atom is -0.497 e. The number of methoxy groups -OCH3 is 1. The maximum Gasteiger partial charge on any atom is 0.229 e. The third-order valence-corrected chi connectivity index (χ3v) is 4.55. The van der Waals surface area contributed by atoms with E-state index in [4.69, 9.17) is 16.3 Å². The Morgan fingerprint density at radius 3 is 2.64 bits per heavy atom. The van der Waals surface area contributed by atoms with Crippen LogP contribution in [-0.4, -0.2) is 25.5 Å². The van der Waals surface area contributed by atoms with Crippen molar-refractivity contribution < 1.29 is 14.3 Å². The van der Waals surface area contributed by atoms with E-state index in [0.717, 1.165) is 17.0 Å². The summed E-state index contributed by atoms with van der Waals surface area (Å²) in [7, 11) is 1.59. The smallest absolute Gasteiger partial charge is 0.229 e. The summed E-state index contributed by atoms with van der Waals surface area (Å²) in [6.07, 6.45) is 0.188. The predicted molar refractivity (Wildman–Crippen MR) is 98.3 cm³/mol. The summed E-state index contributed by atoms with van der Waals surface area (Å²) in [6, 6.07) is 12.5. The third kappa shape index (κ3) is 3.77. The second kappa shape index (κ2) is 7.15. The summed E-state index contributed by atoms with van der Waals surface area (Å²) in [5, 5.41) is 3.42. The molecule has 0 saturated carbocycles. The average molecular weight is 359 g/mol. The molecule has 1 atom stereocenters. The van der Waals surface area contributed by atoms with Gasteiger partial charge in [0.25, 0.3) is 0 Å². The number of carbonyl (C=O) groups excluding carboxylic acids is 2. The Morgan fingerprint density at radius 2 is 1.96 bits per heavy atom. The quantitative estimate of drug-likeness (QED) is 0.907. The molecule has 25 heavy (non-hydrogen) atoms. The van der Waals surface area contributed by atoms with Crippen molar-refractivity contribution in [1.29, 1.82) is 0 Å². The van der Waals surface area contributed by atoms with E-state index in [0.29, 0.717) is 17.3 Å². The van der Waals surface area contributed by atoms with Gasteiger partial charge in [0.05, 0.1) is 13.0 Å². The van der Waals surface area contributed by atoms with Crippen molar-refractivity contribution in [2.24, 2.45) is 5.92 Å². The summed E-state index contributed by atoms with van der Waals surface area (Å²) in [5.74, 6) is 0.0885. The number of benzene rings is 2. The number of amides is 2. The topological polar surface area (TPSA) is 58.6 Å². The van der Waals surface area contributed by atoms with Crippen molar-refractivity contribution in [2.75, 3.05) is 23.9 Å². The summed E-state index contributed by atoms with van der Waals surface area (Å²) in [4.78, 5) is 26.5. The lowest BCUT2D eigenvalue weighted by molar-refractivity contribution is -0.122. The van der Waals surface area contributed by atoms with Crippen molar-refractivity contribution in [3.05, 3.63) is 53.1 Å². The van der Waals surface area contributed by atoms with Crippen molar-refractivity contribution >= 4 is 34.8 Å². The lowest BCUT2D eigenvalue weighted by atomic mass is 10.1. The van der Waals surface area contributed by atoms with Crippen LogP contribution in [0.15, 0.2) is 42.5 Å². The maximum absolute atomic E-state index is 12.5. The molecule has 0 aromatic heterocycles. The zero-order chi connectivity index (χ0) is 18.0. The summed E-state index contributed by atoms with van der Waals surface area (Å²) in [5.41, 5.74) is 2.39. The highest BCUT2D eigenvalue weighted by Gasteiger charge is 2.35. The van der Waals surface area contributed by atoms with Crippen LogP contribution in [0.2, 0.25) is 5.02 Å². The van der Waals surface area contributed by atoms with Gasteiger partial charge in [0.1, 0.15) is 5.75 Å². The highest BCUT2D eigenvalue weighted by molar-refractivity contribution is 6.31. The van der Waals surface area contributed by atoms with Crippen LogP contribution in [0.3, 0.4) is 0 Å². The van der Waals surface area contributed by atoms with Gasteiger partial charge in [0.15, 0.2) is 0 Å². The summed E-state index contributed by atoms with van der Waals surface area (Å²) < 4.78 is 5.10. The standard InChI is InChI=1S/C19H19ClN2O3/c1-12-3-4-14(20)10-17(12)22-11-13(9-18(22)23)19(24)21-15-5-7-16(25-2)8-6-15/h3-8,10,13H,9,11H2,1-2H3,(H,21,24). The van der Waals surface area contributed by atoms with Gasteiger partial charge in [-0.15, -0.1) is 0 Å². The van der Waals surface area contributed by atoms with Gasteiger partial charge in [0, 0.05) is 29.4 Å². The second-order valence-electron chi connectivity index (χ2n) is 6.05. The highest BCUT2D eigenvalue weighted by Crippen LogP contribution is 2.30. The van der Waals surface area contributed by atoms with E-state index in [2.05, 4.69) is 5.32 Å². The third-order valence-electron chi connectivity index (χ3n) is 4.32. The SMILES string of the molecule is COc1ccc(NC(=O)C2CC(=O)N(c3cc(Cl)ccc3C)C2)cc1. The van der Waals surface area contributed by atoms with Crippen LogP contribution >= 0.6 is 11.6 Å². The van der Waals surface area contributed by atoms with Crippen molar-refractivity contribution in [2.45, 2.75) is 13.3 Å². The molecule has 1 saturated heterocycles. The molecule has 1 heterocycles. The number of aryl methyl sites for hydroxylation is 1. The van der Waals surface area contributed by atoms with Gasteiger partial charge >= 0.3 is 0 Å². The van der Waals surface area contributed by atoms with E-state index in [1.807, 2.05) is 13.0 Å². The van der Waals surface area contributed by atoms with Crippen LogP contribution < -0.4 is 15.0 Å². The number of anilines is 2. The first-order chi connectivity index (χ1) is 12.0. The number of nitrogens with one attached hydrogen (secondary N) is 1. The number of rotatable bonds is 4. The number of hydrogen-bond donors (Lipinski definition) is 1. The molecule has 1 aliphatic rings. The molecule has 0 radical (unpaired) electrons. The van der Waals surface area contributed by atoms with Crippen molar-refractivity contribution in [3.8, 4) is 5.75 Å². The molecular weight excluding hydrogens is 340 g/mol. The molecule has 2 aromatic carbocycles. The Labute approximate surface area is 151 Å². The number of hydrogen-bond acceptors (Lipinski definition) is 3. The molecule has 0 bridgehead atoms. The number of nitrogens with zero attached hydrogens (tertiary/aromatic N) is 1. The monoisotopic (exact) mass is 358 g/mol. The maximum atomic E-state index is 12.5. The van der Waals surface area contributed by atoms with Gasteiger partial charge in [-0.25, -0.2) is 0 Å². The van der Waals surface area contributed by atoms with Crippen LogP contribution in [0.25, 0.3) is 0 Å². The van der Waals surface area contributed by atoms with Crippen LogP contribution in [0.5, 0.6) is 5.75 Å². The minimum absolute atomic E-state index is 0.0692. The van der Waals surface area contributed by atoms with Gasteiger partial charge in [-0.2, -0.15) is 0 Å². The van der Waals surface area contributed by atoms with Gasteiger partial charge in [-0.1, -0.05) is 17.7 Å². The lowest BCUT2D eigenvalue weighted by Crippen LogP contribution is -2.28. The molecule has 5 nitrogen and oxygen atoms in total. The van der Waals surface area contributed by atoms with Crippen LogP contribution in [-0.2, 0) is 9.59 Å². The largest absolute Gasteiger partial charge is 0.497 e. The van der Waals surface area contributed by atoms with E-state index in [-0.39, 0.29) is 18.2 Å². The van der Waals surface area contributed by atoms with E-state index >= 15 is 0 Å². The first-order valence-corrected chi connectivity index (χ1v) is 8.37. The Hall–Kier alpha value is -2.53. The molecule has 130 valence electrons. The highest BCUT2D eigenvalue weighted by atomic mass is 35.5. The Bertz CT molecular complexity index is 805. The Balaban J connectivity index is 1.71. The van der Waals surface area contributed by atoms with Crippen LogP contribution in [0, 0.1) is 12.8 Å². The Kier molecular flexibility index (Phi) is 4.95. The van der Waals surface area contributed by atoms with E-state index in [1.54, 1.807) is 48.4 Å². The van der Waals surface area contributed by atoms with Crippen molar-refractivity contribution in [3.63, 3.8) is 0 Å². The zero-order valence-electron chi connectivity index (χ0n) is 14.1. The molecular formula is C19H19ClN2O3. The molecule has 1 fully saturated rings. The first kappa shape index (κ1) is 17.3. The van der Waals surface area contributed by atoms with E-state index < -0.39 is 5.92 Å². The molecule has 1 aliphatic heterocycles. The fourth-order valence-corrected chi connectivity index (χ4v) is 3.07. The van der Waals surface area contributed by atoms with Gasteiger partial charge in [0.2, 0.25) is 11.8 Å². The van der Waals surface area contributed by atoms with Gasteiger partial charge in [-0.05, 0) is 48.9 Å². The summed E-state index contributed by atoms with van der Waals surface area (Å²) >= 11 is 6.05. The Morgan fingerprint density at radius 1 is 1.24 bits per heavy atom. The molecule has 2 aromatic rings. The molecule has 1 N–H and O–H groups in total. The number of carbonyl (C=O) groups is 2. The molecule has 6 heteroatoms. The van der Waals surface area contributed by atoms with Crippen LogP contribution in [0.1, 0.15) is 12.0 Å². The molecule has 0 spiro atoms. The molecule has 3 rings (SSSR count). The molecule has 2 amide bonds. The van der Waals surface area contributed by atoms with Gasteiger partial charge in [-0.3, -0.25) is 9.59 Å².